The lowest BCUT2D eigenvalue weighted by Gasteiger charge is -2.35. The van der Waals surface area contributed by atoms with Gasteiger partial charge in [0.1, 0.15) is 23.8 Å². The summed E-state index contributed by atoms with van der Waals surface area (Å²) in [6, 6.07) is 4.93. The van der Waals surface area contributed by atoms with Crippen molar-refractivity contribution in [1.82, 2.24) is 34.5 Å². The maximum Gasteiger partial charge on any atom is 0.319 e. The molecule has 0 radical (unpaired) electrons. The highest BCUT2D eigenvalue weighted by atomic mass is 32.1. The summed E-state index contributed by atoms with van der Waals surface area (Å²) >= 11 is 1.01. The summed E-state index contributed by atoms with van der Waals surface area (Å²) in [6.07, 6.45) is 6.80. The van der Waals surface area contributed by atoms with Crippen LogP contribution in [0.1, 0.15) is 12.8 Å². The second-order valence-electron chi connectivity index (χ2n) is 11.7. The number of thiazole rings is 1. The number of aromatic nitrogens is 5. The molecule has 2 aliphatic rings. The van der Waals surface area contributed by atoms with Crippen LogP contribution in [0.4, 0.5) is 19.7 Å². The van der Waals surface area contributed by atoms with E-state index >= 15 is 4.39 Å². The summed E-state index contributed by atoms with van der Waals surface area (Å²) in [5.41, 5.74) is 8.08. The number of anilines is 2. The van der Waals surface area contributed by atoms with Crippen molar-refractivity contribution in [2.24, 2.45) is 7.05 Å². The number of aryl methyl sites for hydroxylation is 1. The standard InChI is InChI=1S/C32H33F2N9O2S/c1-4-24(44)42-10-12-43(13-11-42)30-22-14-21(18-15-36-41(3)16-18)25(20-7-8-23(33)29-28(20)37-31(35)46-29)26(34)27(22)38-32(39-30)45-17-19-6-5-9-40(19)2/h4,7-8,14-16,19H,1,5-6,9-13,17H2,2-3H3,(H2,35,37). The van der Waals surface area contributed by atoms with E-state index in [0.717, 1.165) is 30.7 Å². The SMILES string of the molecule is C=CC(=O)N1CCN(c2nc(OCC3CCCN3C)nc3c(F)c(-c4ccc(F)c5sc(N)nc45)c(-c4cnn(C)c4)cc23)CC1. The molecule has 238 valence electrons. The summed E-state index contributed by atoms with van der Waals surface area (Å²) in [6.45, 7) is 6.80. The topological polar surface area (TPSA) is 119 Å². The molecule has 1 unspecified atom stereocenters. The minimum atomic E-state index is -0.622. The van der Waals surface area contributed by atoms with E-state index in [0.29, 0.717) is 60.7 Å². The summed E-state index contributed by atoms with van der Waals surface area (Å²) in [5.74, 6) is -0.742. The number of likely N-dealkylation sites (tertiary alicyclic amines) is 1. The lowest BCUT2D eigenvalue weighted by Crippen LogP contribution is -2.48. The van der Waals surface area contributed by atoms with E-state index in [1.165, 1.54) is 18.2 Å². The number of piperazine rings is 1. The molecule has 2 N–H and O–H groups in total. The molecular formula is C32H33F2N9O2S. The van der Waals surface area contributed by atoms with E-state index in [9.17, 15) is 9.18 Å². The number of ether oxygens (including phenoxy) is 1. The summed E-state index contributed by atoms with van der Waals surface area (Å²) < 4.78 is 40.2. The highest BCUT2D eigenvalue weighted by Crippen LogP contribution is 2.44. The third-order valence-electron chi connectivity index (χ3n) is 8.83. The fraction of sp³-hybridized carbons (Fsp3) is 0.344. The molecular weight excluding hydrogens is 612 g/mol. The van der Waals surface area contributed by atoms with Gasteiger partial charge in [0, 0.05) is 67.5 Å². The highest BCUT2D eigenvalue weighted by Gasteiger charge is 2.29. The number of nitrogen functional groups attached to an aromatic ring is 1. The van der Waals surface area contributed by atoms with Crippen LogP contribution < -0.4 is 15.4 Å². The second kappa shape index (κ2) is 11.9. The monoisotopic (exact) mass is 645 g/mol. The smallest absolute Gasteiger partial charge is 0.319 e. The van der Waals surface area contributed by atoms with Gasteiger partial charge in [-0.1, -0.05) is 17.9 Å². The van der Waals surface area contributed by atoms with Crippen LogP contribution in [-0.2, 0) is 11.8 Å². The molecule has 2 saturated heterocycles. The number of hydrogen-bond acceptors (Lipinski definition) is 10. The van der Waals surface area contributed by atoms with E-state index in [-0.39, 0.29) is 44.4 Å². The number of nitrogens with two attached hydrogens (primary N) is 1. The average molecular weight is 646 g/mol. The van der Waals surface area contributed by atoms with Gasteiger partial charge in [0.05, 0.1) is 16.4 Å². The van der Waals surface area contributed by atoms with Gasteiger partial charge >= 0.3 is 6.01 Å². The Morgan fingerprint density at radius 1 is 1.11 bits per heavy atom. The molecule has 46 heavy (non-hydrogen) atoms. The Balaban J connectivity index is 1.43. The van der Waals surface area contributed by atoms with Crippen LogP contribution >= 0.6 is 11.3 Å². The van der Waals surface area contributed by atoms with Crippen molar-refractivity contribution in [2.45, 2.75) is 18.9 Å². The van der Waals surface area contributed by atoms with Gasteiger partial charge in [-0.05, 0) is 56.3 Å². The number of hydrogen-bond donors (Lipinski definition) is 1. The quantitative estimate of drug-likeness (QED) is 0.256. The number of amides is 1. The van der Waals surface area contributed by atoms with Gasteiger partial charge in [-0.2, -0.15) is 15.1 Å². The molecule has 3 aromatic heterocycles. The minimum Gasteiger partial charge on any atom is -0.462 e. The molecule has 0 saturated carbocycles. The lowest BCUT2D eigenvalue weighted by molar-refractivity contribution is -0.126. The van der Waals surface area contributed by atoms with Gasteiger partial charge in [0.2, 0.25) is 5.91 Å². The number of likely N-dealkylation sites (N-methyl/N-ethyl adjacent to an activating group) is 1. The minimum absolute atomic E-state index is 0.0627. The van der Waals surface area contributed by atoms with Crippen molar-refractivity contribution in [2.75, 3.05) is 57.0 Å². The Morgan fingerprint density at radius 3 is 2.61 bits per heavy atom. The van der Waals surface area contributed by atoms with Gasteiger partial charge in [0.15, 0.2) is 10.9 Å². The maximum atomic E-state index is 17.3. The van der Waals surface area contributed by atoms with Crippen LogP contribution in [0.5, 0.6) is 6.01 Å². The van der Waals surface area contributed by atoms with Crippen molar-refractivity contribution in [1.29, 1.82) is 0 Å². The molecule has 11 nitrogen and oxygen atoms in total. The van der Waals surface area contributed by atoms with Crippen molar-refractivity contribution in [3.8, 4) is 28.3 Å². The van der Waals surface area contributed by atoms with E-state index in [1.807, 2.05) is 11.0 Å². The largest absolute Gasteiger partial charge is 0.462 e. The van der Waals surface area contributed by atoms with Crippen LogP contribution in [0.15, 0.2) is 43.2 Å². The van der Waals surface area contributed by atoms with Gasteiger partial charge in [-0.15, -0.1) is 0 Å². The predicted molar refractivity (Wildman–Crippen MR) is 175 cm³/mol. The van der Waals surface area contributed by atoms with Crippen LogP contribution in [0.3, 0.4) is 0 Å². The summed E-state index contributed by atoms with van der Waals surface area (Å²) in [4.78, 5) is 32.1. The summed E-state index contributed by atoms with van der Waals surface area (Å²) in [5, 5.41) is 4.99. The molecule has 2 fully saturated rings. The molecule has 7 rings (SSSR count). The molecule has 1 amide bonds. The third kappa shape index (κ3) is 5.30. The first-order chi connectivity index (χ1) is 22.2. The number of benzene rings is 2. The molecule has 0 aliphatic carbocycles. The maximum absolute atomic E-state index is 17.3. The first-order valence-electron chi connectivity index (χ1n) is 15.1. The van der Waals surface area contributed by atoms with E-state index < -0.39 is 11.6 Å². The molecule has 0 bridgehead atoms. The molecule has 2 aliphatic heterocycles. The van der Waals surface area contributed by atoms with Gasteiger partial charge in [0.25, 0.3) is 0 Å². The molecule has 1 atom stereocenters. The normalized spacial score (nSPS) is 17.3. The zero-order valence-electron chi connectivity index (χ0n) is 25.5. The highest BCUT2D eigenvalue weighted by molar-refractivity contribution is 7.22. The van der Waals surface area contributed by atoms with Crippen LogP contribution in [0.2, 0.25) is 0 Å². The van der Waals surface area contributed by atoms with Gasteiger partial charge in [-0.25, -0.2) is 13.8 Å². The molecule has 2 aromatic carbocycles. The van der Waals surface area contributed by atoms with Gasteiger partial charge in [-0.3, -0.25) is 9.48 Å². The Bertz CT molecular complexity index is 1990. The second-order valence-corrected chi connectivity index (χ2v) is 12.7. The Labute approximate surface area is 267 Å². The van der Waals surface area contributed by atoms with E-state index in [2.05, 4.69) is 33.6 Å². The number of nitrogens with zero attached hydrogens (tertiary/aromatic N) is 8. The number of fused-ring (bicyclic) bond motifs is 2. The first kappa shape index (κ1) is 30.0. The molecule has 5 heterocycles. The number of halogens is 2. The van der Waals surface area contributed by atoms with E-state index in [1.54, 1.807) is 29.0 Å². The Morgan fingerprint density at radius 2 is 1.91 bits per heavy atom. The fourth-order valence-corrected chi connectivity index (χ4v) is 7.13. The molecule has 14 heteroatoms. The van der Waals surface area contributed by atoms with Crippen LogP contribution in [0, 0.1) is 11.6 Å². The number of carbonyl (C=O) groups is 1. The Kier molecular flexibility index (Phi) is 7.77. The lowest BCUT2D eigenvalue weighted by atomic mass is 9.92. The average Bonchev–Trinajstić information content (AvgIpc) is 3.79. The number of carbonyl (C=O) groups excluding carboxylic acids is 1. The zero-order valence-corrected chi connectivity index (χ0v) is 26.4. The van der Waals surface area contributed by atoms with Crippen molar-refractivity contribution in [3.05, 3.63) is 54.9 Å². The van der Waals surface area contributed by atoms with Crippen molar-refractivity contribution < 1.29 is 18.3 Å². The van der Waals surface area contributed by atoms with Crippen LogP contribution in [0.25, 0.3) is 43.4 Å². The van der Waals surface area contributed by atoms with Crippen molar-refractivity contribution >= 4 is 49.3 Å². The van der Waals surface area contributed by atoms with Gasteiger partial charge < -0.3 is 25.2 Å². The molecule has 5 aromatic rings. The fourth-order valence-electron chi connectivity index (χ4n) is 6.37. The predicted octanol–water partition coefficient (Wildman–Crippen LogP) is 4.48. The molecule has 0 spiro atoms. The van der Waals surface area contributed by atoms with Crippen molar-refractivity contribution in [3.63, 3.8) is 0 Å². The zero-order chi connectivity index (χ0) is 32.1. The summed E-state index contributed by atoms with van der Waals surface area (Å²) in [7, 11) is 3.83. The Hall–Kier alpha value is -4.69. The first-order valence-corrected chi connectivity index (χ1v) is 15.9. The van der Waals surface area contributed by atoms with Crippen LogP contribution in [-0.4, -0.2) is 92.9 Å². The number of rotatable bonds is 7. The third-order valence-corrected chi connectivity index (χ3v) is 9.72. The van der Waals surface area contributed by atoms with E-state index in [4.69, 9.17) is 15.5 Å².